The fourth-order valence-corrected chi connectivity index (χ4v) is 7.46. The zero-order valence-corrected chi connectivity index (χ0v) is 18.4. The minimum absolute atomic E-state index is 0.0382. The fraction of sp³-hybridized carbons (Fsp3) is 0.826. The third kappa shape index (κ3) is 3.05. The summed E-state index contributed by atoms with van der Waals surface area (Å²) in [5.41, 5.74) is -0.382. The van der Waals surface area contributed by atoms with Crippen LogP contribution < -0.4 is 5.32 Å². The first-order valence-corrected chi connectivity index (χ1v) is 11.2. The molecule has 0 aromatic heterocycles. The molecule has 0 spiro atoms. The Balaban J connectivity index is 1.60. The minimum atomic E-state index is -0.290. The van der Waals surface area contributed by atoms with Crippen LogP contribution in [0.4, 0.5) is 0 Å². The van der Waals surface area contributed by atoms with Gasteiger partial charge in [-0.25, -0.2) is 0 Å². The first kappa shape index (κ1) is 20.5. The first-order valence-electron chi connectivity index (χ1n) is 11.2. The molecule has 29 heavy (non-hydrogen) atoms. The van der Waals surface area contributed by atoms with Gasteiger partial charge in [0.15, 0.2) is 0 Å². The van der Waals surface area contributed by atoms with Gasteiger partial charge in [-0.05, 0) is 82.5 Å². The molecule has 0 aromatic carbocycles. The maximum absolute atomic E-state index is 13.1. The predicted octanol–water partition coefficient (Wildman–Crippen LogP) is 4.21. The SMILES string of the molecule is CC(C)(C)NC(=O)[C@H]1CC[C@H]2[C@@H]3CC[C@H]4N(N=O)C(=O)C=C[C@]4(C)[C@H]3CC[C@]12C. The monoisotopic (exact) mass is 401 g/mol. The second kappa shape index (κ2) is 6.64. The van der Waals surface area contributed by atoms with Crippen LogP contribution in [0.15, 0.2) is 17.4 Å². The fourth-order valence-electron chi connectivity index (χ4n) is 7.46. The summed E-state index contributed by atoms with van der Waals surface area (Å²) in [7, 11) is 0. The number of hydrogen-bond donors (Lipinski definition) is 1. The van der Waals surface area contributed by atoms with Crippen molar-refractivity contribution in [2.24, 2.45) is 39.8 Å². The summed E-state index contributed by atoms with van der Waals surface area (Å²) >= 11 is 0. The van der Waals surface area contributed by atoms with Gasteiger partial charge in [-0.2, -0.15) is 5.01 Å². The van der Waals surface area contributed by atoms with Gasteiger partial charge in [0, 0.05) is 22.9 Å². The zero-order chi connectivity index (χ0) is 21.2. The molecule has 3 aliphatic carbocycles. The van der Waals surface area contributed by atoms with Crippen LogP contribution in [0.25, 0.3) is 0 Å². The summed E-state index contributed by atoms with van der Waals surface area (Å²) in [6.45, 7) is 10.7. The lowest BCUT2D eigenvalue weighted by atomic mass is 9.48. The summed E-state index contributed by atoms with van der Waals surface area (Å²) < 4.78 is 0. The van der Waals surface area contributed by atoms with Gasteiger partial charge in [0.1, 0.15) is 0 Å². The Hall–Kier alpha value is -1.72. The highest BCUT2D eigenvalue weighted by Crippen LogP contribution is 2.65. The Morgan fingerprint density at radius 1 is 1.14 bits per heavy atom. The Kier molecular flexibility index (Phi) is 4.71. The highest BCUT2D eigenvalue weighted by Gasteiger charge is 2.62. The van der Waals surface area contributed by atoms with Crippen molar-refractivity contribution in [3.8, 4) is 0 Å². The molecular weight excluding hydrogens is 366 g/mol. The standard InChI is InChI=1S/C23H35N3O3/c1-21(2,3)24-20(28)17-8-7-15-14-6-9-18-23(5,13-11-19(27)26(18)25-29)16(14)10-12-22(15,17)4/h11,13-18H,6-10,12H2,1-5H3,(H,24,28)/t14-,15-,16-,17+,18+,22-,23+/m0/s1. The molecule has 6 nitrogen and oxygen atoms in total. The number of carbonyl (C=O) groups is 2. The van der Waals surface area contributed by atoms with Crippen LogP contribution in [0.2, 0.25) is 0 Å². The van der Waals surface area contributed by atoms with E-state index in [2.05, 4.69) is 30.5 Å². The number of hydrogen-bond acceptors (Lipinski definition) is 4. The van der Waals surface area contributed by atoms with Gasteiger partial charge in [-0.1, -0.05) is 19.9 Å². The summed E-state index contributed by atoms with van der Waals surface area (Å²) in [4.78, 5) is 36.6. The average Bonchev–Trinajstić information content (AvgIpc) is 2.98. The quantitative estimate of drug-likeness (QED) is 0.704. The second-order valence-electron chi connectivity index (χ2n) is 11.3. The van der Waals surface area contributed by atoms with E-state index >= 15 is 0 Å². The first-order chi connectivity index (χ1) is 13.5. The van der Waals surface area contributed by atoms with Crippen molar-refractivity contribution in [3.63, 3.8) is 0 Å². The van der Waals surface area contributed by atoms with Crippen molar-refractivity contribution in [2.75, 3.05) is 0 Å². The molecule has 4 rings (SSSR count). The molecule has 1 aliphatic heterocycles. The van der Waals surface area contributed by atoms with Gasteiger partial charge in [0.2, 0.25) is 5.91 Å². The van der Waals surface area contributed by atoms with Crippen molar-refractivity contribution in [1.82, 2.24) is 10.3 Å². The number of rotatable bonds is 2. The maximum atomic E-state index is 13.1. The van der Waals surface area contributed by atoms with Crippen LogP contribution in [-0.2, 0) is 9.59 Å². The number of fused-ring (bicyclic) bond motifs is 5. The average molecular weight is 402 g/mol. The smallest absolute Gasteiger partial charge is 0.269 e. The molecule has 2 amide bonds. The van der Waals surface area contributed by atoms with Crippen molar-refractivity contribution < 1.29 is 9.59 Å². The van der Waals surface area contributed by atoms with Gasteiger partial charge >= 0.3 is 0 Å². The van der Waals surface area contributed by atoms with E-state index in [1.807, 2.05) is 20.8 Å². The number of nitroso groups, excluding NO2 is 1. The Morgan fingerprint density at radius 3 is 2.52 bits per heavy atom. The Bertz CT molecular complexity index is 757. The molecular formula is C23H35N3O3. The van der Waals surface area contributed by atoms with E-state index in [1.54, 1.807) is 6.08 Å². The largest absolute Gasteiger partial charge is 0.351 e. The van der Waals surface area contributed by atoms with Crippen LogP contribution in [0.1, 0.15) is 73.1 Å². The van der Waals surface area contributed by atoms with Gasteiger partial charge in [-0.3, -0.25) is 9.59 Å². The van der Waals surface area contributed by atoms with Crippen molar-refractivity contribution in [2.45, 2.75) is 84.7 Å². The molecule has 0 bridgehead atoms. The van der Waals surface area contributed by atoms with E-state index in [0.29, 0.717) is 17.8 Å². The van der Waals surface area contributed by atoms with Crippen molar-refractivity contribution >= 4 is 11.8 Å². The molecule has 0 aromatic rings. The molecule has 4 aliphatic rings. The second-order valence-corrected chi connectivity index (χ2v) is 11.3. The lowest BCUT2D eigenvalue weighted by Gasteiger charge is -2.59. The number of carbonyl (C=O) groups excluding carboxylic acids is 2. The van der Waals surface area contributed by atoms with Crippen LogP contribution in [0.5, 0.6) is 0 Å². The van der Waals surface area contributed by atoms with Crippen molar-refractivity contribution in [1.29, 1.82) is 0 Å². The summed E-state index contributed by atoms with van der Waals surface area (Å²) in [6, 6.07) is -0.135. The van der Waals surface area contributed by atoms with Crippen LogP contribution in [0.3, 0.4) is 0 Å². The molecule has 3 saturated carbocycles. The summed E-state index contributed by atoms with van der Waals surface area (Å²) in [5.74, 6) is 1.49. The van der Waals surface area contributed by atoms with Crippen LogP contribution in [-0.4, -0.2) is 28.4 Å². The Labute approximate surface area is 173 Å². The zero-order valence-electron chi connectivity index (χ0n) is 18.4. The van der Waals surface area contributed by atoms with Gasteiger partial charge in [-0.15, -0.1) is 4.91 Å². The molecule has 7 atom stereocenters. The highest BCUT2D eigenvalue weighted by atomic mass is 16.3. The normalized spacial score (nSPS) is 44.0. The minimum Gasteiger partial charge on any atom is -0.351 e. The molecule has 3 fully saturated rings. The topological polar surface area (TPSA) is 78.8 Å². The van der Waals surface area contributed by atoms with E-state index < -0.39 is 0 Å². The van der Waals surface area contributed by atoms with Crippen LogP contribution in [0, 0.1) is 39.4 Å². The van der Waals surface area contributed by atoms with E-state index in [4.69, 9.17) is 0 Å². The Morgan fingerprint density at radius 2 is 1.86 bits per heavy atom. The third-order valence-electron chi connectivity index (χ3n) is 8.74. The highest BCUT2D eigenvalue weighted by molar-refractivity contribution is 5.89. The number of nitrogens with zero attached hydrogens (tertiary/aromatic N) is 2. The lowest BCUT2D eigenvalue weighted by molar-refractivity contribution is -0.145. The number of amides is 2. The number of nitrogens with one attached hydrogen (secondary N) is 1. The van der Waals surface area contributed by atoms with E-state index in [9.17, 15) is 14.5 Å². The van der Waals surface area contributed by atoms with Crippen LogP contribution >= 0.6 is 0 Å². The molecule has 0 unspecified atom stereocenters. The summed E-state index contributed by atoms with van der Waals surface area (Å²) in [5, 5.41) is 7.47. The molecule has 160 valence electrons. The van der Waals surface area contributed by atoms with E-state index in [-0.39, 0.29) is 40.1 Å². The van der Waals surface area contributed by atoms with Crippen molar-refractivity contribution in [3.05, 3.63) is 17.1 Å². The lowest BCUT2D eigenvalue weighted by Crippen LogP contribution is -2.59. The molecule has 1 N–H and O–H groups in total. The molecule has 0 saturated heterocycles. The molecule has 0 radical (unpaired) electrons. The van der Waals surface area contributed by atoms with E-state index in [0.717, 1.165) is 38.5 Å². The molecule has 6 heteroatoms. The summed E-state index contributed by atoms with van der Waals surface area (Å²) in [6.07, 6.45) is 9.54. The third-order valence-corrected chi connectivity index (χ3v) is 8.74. The van der Waals surface area contributed by atoms with Gasteiger partial charge in [0.05, 0.1) is 11.3 Å². The van der Waals surface area contributed by atoms with Gasteiger partial charge in [0.25, 0.3) is 5.91 Å². The van der Waals surface area contributed by atoms with E-state index in [1.165, 1.54) is 5.01 Å². The van der Waals surface area contributed by atoms with Gasteiger partial charge < -0.3 is 5.32 Å². The molecule has 1 heterocycles. The maximum Gasteiger partial charge on any atom is 0.269 e. The predicted molar refractivity (Wildman–Crippen MR) is 111 cm³/mol.